The maximum absolute atomic E-state index is 12.1. The van der Waals surface area contributed by atoms with Crippen LogP contribution in [0.15, 0.2) is 0 Å². The summed E-state index contributed by atoms with van der Waals surface area (Å²) in [6.07, 6.45) is 0.973. The van der Waals surface area contributed by atoms with Crippen LogP contribution in [0.25, 0.3) is 0 Å². The number of thiazole rings is 1. The van der Waals surface area contributed by atoms with Gasteiger partial charge in [-0.2, -0.15) is 0 Å². The average molecular weight is 286 g/mol. The lowest BCUT2D eigenvalue weighted by Gasteiger charge is -2.19. The Morgan fingerprint density at radius 1 is 1.53 bits per heavy atom. The number of nitrogens with one attached hydrogen (secondary N) is 2. The lowest BCUT2D eigenvalue weighted by Crippen LogP contribution is -2.41. The number of rotatable bonds is 7. The molecule has 0 saturated heterocycles. The van der Waals surface area contributed by atoms with Gasteiger partial charge in [0.1, 0.15) is 10.7 Å². The van der Waals surface area contributed by atoms with E-state index in [1.54, 1.807) is 0 Å². The number of nitrogens with two attached hydrogens (primary N) is 1. The minimum Gasteiger partial charge on any atom is -0.394 e. The van der Waals surface area contributed by atoms with E-state index in [0.717, 1.165) is 13.0 Å². The first-order valence-electron chi connectivity index (χ1n) is 6.41. The molecular weight excluding hydrogens is 264 g/mol. The Morgan fingerprint density at radius 3 is 2.74 bits per heavy atom. The van der Waals surface area contributed by atoms with Crippen molar-refractivity contribution in [2.24, 2.45) is 5.92 Å². The second-order valence-electron chi connectivity index (χ2n) is 4.67. The minimum atomic E-state index is -0.285. The predicted octanol–water partition coefficient (Wildman–Crippen LogP) is 1.29. The van der Waals surface area contributed by atoms with Crippen molar-refractivity contribution < 1.29 is 9.90 Å². The van der Waals surface area contributed by atoms with Crippen LogP contribution >= 0.6 is 11.3 Å². The van der Waals surface area contributed by atoms with Crippen molar-refractivity contribution >= 4 is 28.2 Å². The van der Waals surface area contributed by atoms with Gasteiger partial charge in [0.25, 0.3) is 5.91 Å². The van der Waals surface area contributed by atoms with E-state index >= 15 is 0 Å². The molecule has 1 atom stereocenters. The maximum atomic E-state index is 12.1. The van der Waals surface area contributed by atoms with Gasteiger partial charge in [0.05, 0.1) is 12.6 Å². The monoisotopic (exact) mass is 286 g/mol. The summed E-state index contributed by atoms with van der Waals surface area (Å²) in [5.41, 5.74) is 5.74. The summed E-state index contributed by atoms with van der Waals surface area (Å²) in [5.74, 6) is 0.0923. The zero-order valence-electron chi connectivity index (χ0n) is 11.6. The number of carbonyl (C=O) groups excluding carboxylic acids is 1. The molecular formula is C12H22N4O2S. The first kappa shape index (κ1) is 15.7. The summed E-state index contributed by atoms with van der Waals surface area (Å²) in [5, 5.41) is 15.7. The zero-order valence-corrected chi connectivity index (χ0v) is 12.4. The molecule has 1 amide bonds. The van der Waals surface area contributed by atoms with Gasteiger partial charge in [-0.25, -0.2) is 4.98 Å². The number of aromatic nitrogens is 1. The van der Waals surface area contributed by atoms with Crippen molar-refractivity contribution in [2.75, 3.05) is 24.2 Å². The van der Waals surface area contributed by atoms with E-state index in [9.17, 15) is 9.90 Å². The van der Waals surface area contributed by atoms with E-state index in [0.29, 0.717) is 10.0 Å². The quantitative estimate of drug-likeness (QED) is 0.605. The highest BCUT2D eigenvalue weighted by atomic mass is 32.1. The van der Waals surface area contributed by atoms with Gasteiger partial charge in [0.2, 0.25) is 0 Å². The molecule has 108 valence electrons. The molecule has 0 saturated carbocycles. The second-order valence-corrected chi connectivity index (χ2v) is 5.67. The van der Waals surface area contributed by atoms with Gasteiger partial charge >= 0.3 is 0 Å². The van der Waals surface area contributed by atoms with Crippen LogP contribution in [-0.4, -0.2) is 35.2 Å². The molecule has 6 nitrogen and oxygen atoms in total. The lowest BCUT2D eigenvalue weighted by molar-refractivity contribution is 0.0901. The molecule has 1 unspecified atom stereocenters. The molecule has 5 N–H and O–H groups in total. The van der Waals surface area contributed by atoms with Crippen LogP contribution < -0.4 is 16.4 Å². The number of hydrogen-bond donors (Lipinski definition) is 4. The molecule has 0 bridgehead atoms. The Balaban J connectivity index is 2.73. The number of aliphatic hydroxyl groups excluding tert-OH is 1. The van der Waals surface area contributed by atoms with Gasteiger partial charge in [0.15, 0.2) is 5.13 Å². The summed E-state index contributed by atoms with van der Waals surface area (Å²) in [7, 11) is 0. The third-order valence-electron chi connectivity index (χ3n) is 2.70. The normalized spacial score (nSPS) is 12.5. The fourth-order valence-corrected chi connectivity index (χ4v) is 2.27. The third kappa shape index (κ3) is 4.36. The highest BCUT2D eigenvalue weighted by Crippen LogP contribution is 2.25. The number of aliphatic hydroxyl groups is 1. The van der Waals surface area contributed by atoms with Crippen LogP contribution in [0.3, 0.4) is 0 Å². The first-order chi connectivity index (χ1) is 8.99. The molecule has 1 aromatic rings. The van der Waals surface area contributed by atoms with Crippen LogP contribution in [0.2, 0.25) is 0 Å². The van der Waals surface area contributed by atoms with E-state index in [-0.39, 0.29) is 30.3 Å². The van der Waals surface area contributed by atoms with E-state index in [4.69, 9.17) is 5.73 Å². The highest BCUT2D eigenvalue weighted by molar-refractivity contribution is 7.18. The number of anilines is 2. The molecule has 0 aromatic carbocycles. The Bertz CT molecular complexity index is 420. The fraction of sp³-hybridized carbons (Fsp3) is 0.667. The van der Waals surface area contributed by atoms with Crippen molar-refractivity contribution in [1.29, 1.82) is 0 Å². The largest absolute Gasteiger partial charge is 0.394 e. The SMILES string of the molecule is CCCNc1nc(N)c(C(=O)NC(CO)C(C)C)s1. The Kier molecular flexibility index (Phi) is 6.04. The number of hydrogen-bond acceptors (Lipinski definition) is 6. The smallest absolute Gasteiger partial charge is 0.265 e. The van der Waals surface area contributed by atoms with E-state index < -0.39 is 0 Å². The first-order valence-corrected chi connectivity index (χ1v) is 7.23. The van der Waals surface area contributed by atoms with Crippen LogP contribution in [0, 0.1) is 5.92 Å². The molecule has 1 aromatic heterocycles. The fourth-order valence-electron chi connectivity index (χ4n) is 1.46. The summed E-state index contributed by atoms with van der Waals surface area (Å²) >= 11 is 1.23. The van der Waals surface area contributed by atoms with Gasteiger partial charge in [0, 0.05) is 6.54 Å². The van der Waals surface area contributed by atoms with Gasteiger partial charge in [-0.05, 0) is 12.3 Å². The molecule has 0 aliphatic rings. The molecule has 19 heavy (non-hydrogen) atoms. The maximum Gasteiger partial charge on any atom is 0.265 e. The van der Waals surface area contributed by atoms with Gasteiger partial charge in [-0.15, -0.1) is 0 Å². The average Bonchev–Trinajstić information content (AvgIpc) is 2.74. The third-order valence-corrected chi connectivity index (χ3v) is 3.73. The molecule has 0 aliphatic carbocycles. The molecule has 0 radical (unpaired) electrons. The van der Waals surface area contributed by atoms with Crippen molar-refractivity contribution in [2.45, 2.75) is 33.2 Å². The number of amides is 1. The standard InChI is InChI=1S/C12H22N4O2S/c1-4-5-14-12-16-10(13)9(19-12)11(18)15-8(6-17)7(2)3/h7-8,17H,4-6,13H2,1-3H3,(H,14,16)(H,15,18). The van der Waals surface area contributed by atoms with Crippen LogP contribution in [-0.2, 0) is 0 Å². The van der Waals surface area contributed by atoms with Crippen molar-refractivity contribution in [3.63, 3.8) is 0 Å². The van der Waals surface area contributed by atoms with Crippen LogP contribution in [0.5, 0.6) is 0 Å². The summed E-state index contributed by atoms with van der Waals surface area (Å²) in [6, 6.07) is -0.277. The van der Waals surface area contributed by atoms with Gasteiger partial charge in [-0.1, -0.05) is 32.1 Å². The van der Waals surface area contributed by atoms with Crippen molar-refractivity contribution in [3.05, 3.63) is 4.88 Å². The molecule has 1 heterocycles. The summed E-state index contributed by atoms with van der Waals surface area (Å²) < 4.78 is 0. The molecule has 0 aliphatic heterocycles. The van der Waals surface area contributed by atoms with Crippen molar-refractivity contribution in [3.8, 4) is 0 Å². The molecule has 1 rings (SSSR count). The second kappa shape index (κ2) is 7.30. The van der Waals surface area contributed by atoms with Crippen LogP contribution in [0.4, 0.5) is 10.9 Å². The molecule has 0 spiro atoms. The number of nitrogen functional groups attached to an aromatic ring is 1. The number of nitrogens with zero attached hydrogens (tertiary/aromatic N) is 1. The van der Waals surface area contributed by atoms with Gasteiger partial charge in [-0.3, -0.25) is 4.79 Å². The Morgan fingerprint density at radius 2 is 2.21 bits per heavy atom. The van der Waals surface area contributed by atoms with Crippen LogP contribution in [0.1, 0.15) is 36.9 Å². The van der Waals surface area contributed by atoms with E-state index in [2.05, 4.69) is 15.6 Å². The van der Waals surface area contributed by atoms with E-state index in [1.165, 1.54) is 11.3 Å². The predicted molar refractivity (Wildman–Crippen MR) is 78.5 cm³/mol. The lowest BCUT2D eigenvalue weighted by atomic mass is 10.1. The highest BCUT2D eigenvalue weighted by Gasteiger charge is 2.20. The molecule has 0 fully saturated rings. The minimum absolute atomic E-state index is 0.0942. The Hall–Kier alpha value is -1.34. The van der Waals surface area contributed by atoms with Gasteiger partial charge < -0.3 is 21.5 Å². The zero-order chi connectivity index (χ0) is 14.4. The van der Waals surface area contributed by atoms with E-state index in [1.807, 2.05) is 20.8 Å². The Labute approximate surface area is 117 Å². The number of carbonyl (C=O) groups is 1. The summed E-state index contributed by atoms with van der Waals surface area (Å²) in [6.45, 7) is 6.62. The van der Waals surface area contributed by atoms with Crippen molar-refractivity contribution in [1.82, 2.24) is 10.3 Å². The summed E-state index contributed by atoms with van der Waals surface area (Å²) in [4.78, 5) is 16.6. The topological polar surface area (TPSA) is 100 Å². The molecule has 7 heteroatoms.